The number of hydrogen-bond acceptors (Lipinski definition) is 6. The summed E-state index contributed by atoms with van der Waals surface area (Å²) >= 11 is 0. The molecule has 0 aromatic carbocycles. The highest BCUT2D eigenvalue weighted by atomic mass is 16.3. The Morgan fingerprint density at radius 3 is 2.82 bits per heavy atom. The van der Waals surface area contributed by atoms with E-state index in [2.05, 4.69) is 15.6 Å². The average Bonchev–Trinajstić information content (AvgIpc) is 2.69. The molecule has 1 aromatic rings. The molecule has 0 spiro atoms. The maximum absolute atomic E-state index is 12.0. The molecule has 92 valence electrons. The number of anilines is 1. The maximum Gasteiger partial charge on any atom is 0.274 e. The van der Waals surface area contributed by atoms with Crippen LogP contribution in [-0.2, 0) is 0 Å². The molecule has 0 saturated carbocycles. The van der Waals surface area contributed by atoms with Gasteiger partial charge in [0.25, 0.3) is 5.91 Å². The summed E-state index contributed by atoms with van der Waals surface area (Å²) in [6, 6.07) is 3.13. The third-order valence-electron chi connectivity index (χ3n) is 2.77. The maximum atomic E-state index is 12.0. The molecule has 7 nitrogen and oxygen atoms in total. The Balaban J connectivity index is 2.09. The summed E-state index contributed by atoms with van der Waals surface area (Å²) in [5.41, 5.74) is 1.79. The zero-order chi connectivity index (χ0) is 12.5. The number of nitrogen functional groups attached to an aromatic ring is 1. The fourth-order valence-corrected chi connectivity index (χ4v) is 1.80. The highest BCUT2D eigenvalue weighted by Crippen LogP contribution is 2.21. The Morgan fingerprint density at radius 2 is 2.35 bits per heavy atom. The lowest BCUT2D eigenvalue weighted by molar-refractivity contribution is 0.0568. The molecule has 1 aliphatic rings. The molecule has 1 aliphatic heterocycles. The monoisotopic (exact) mass is 237 g/mol. The fourth-order valence-electron chi connectivity index (χ4n) is 1.80. The lowest BCUT2D eigenvalue weighted by Gasteiger charge is -2.18. The first-order valence-corrected chi connectivity index (χ1v) is 5.34. The van der Waals surface area contributed by atoms with Crippen LogP contribution in [0.25, 0.3) is 0 Å². The van der Waals surface area contributed by atoms with Crippen LogP contribution < -0.4 is 11.3 Å². The van der Waals surface area contributed by atoms with Gasteiger partial charge in [0.15, 0.2) is 11.5 Å². The topological polar surface area (TPSA) is 104 Å². The SMILES string of the molecule is CC1(O)CCN(C(=O)c2ccc(NN)nn2)C1. The number of amides is 1. The molecule has 1 atom stereocenters. The Kier molecular flexibility index (Phi) is 2.95. The first-order chi connectivity index (χ1) is 8.02. The van der Waals surface area contributed by atoms with Crippen molar-refractivity contribution in [2.75, 3.05) is 18.5 Å². The summed E-state index contributed by atoms with van der Waals surface area (Å²) in [6.45, 7) is 2.57. The van der Waals surface area contributed by atoms with Crippen LogP contribution in [0.2, 0.25) is 0 Å². The van der Waals surface area contributed by atoms with Crippen molar-refractivity contribution in [2.45, 2.75) is 18.9 Å². The molecule has 17 heavy (non-hydrogen) atoms. The summed E-state index contributed by atoms with van der Waals surface area (Å²) in [5.74, 6) is 5.33. The third kappa shape index (κ3) is 2.51. The van der Waals surface area contributed by atoms with Gasteiger partial charge in [-0.1, -0.05) is 0 Å². The minimum absolute atomic E-state index is 0.223. The second-order valence-corrected chi connectivity index (χ2v) is 4.42. The van der Waals surface area contributed by atoms with Crippen LogP contribution in [-0.4, -0.2) is 44.8 Å². The lowest BCUT2D eigenvalue weighted by atomic mass is 10.1. The van der Waals surface area contributed by atoms with Gasteiger partial charge in [0.05, 0.1) is 5.60 Å². The average molecular weight is 237 g/mol. The highest BCUT2D eigenvalue weighted by Gasteiger charge is 2.34. The van der Waals surface area contributed by atoms with Crippen molar-refractivity contribution in [1.29, 1.82) is 0 Å². The number of nitrogens with two attached hydrogens (primary N) is 1. The molecule has 2 heterocycles. The van der Waals surface area contributed by atoms with E-state index in [9.17, 15) is 9.90 Å². The van der Waals surface area contributed by atoms with E-state index >= 15 is 0 Å². The van der Waals surface area contributed by atoms with E-state index in [1.807, 2.05) is 0 Å². The first kappa shape index (κ1) is 11.7. The number of aromatic nitrogens is 2. The van der Waals surface area contributed by atoms with Crippen molar-refractivity contribution in [2.24, 2.45) is 5.84 Å². The molecule has 0 aliphatic carbocycles. The number of hydrogen-bond donors (Lipinski definition) is 3. The van der Waals surface area contributed by atoms with Crippen LogP contribution in [0.3, 0.4) is 0 Å². The lowest BCUT2D eigenvalue weighted by Crippen LogP contribution is -2.34. The Morgan fingerprint density at radius 1 is 1.59 bits per heavy atom. The molecule has 1 unspecified atom stereocenters. The van der Waals surface area contributed by atoms with Crippen LogP contribution in [0.15, 0.2) is 12.1 Å². The van der Waals surface area contributed by atoms with Crippen LogP contribution in [0.4, 0.5) is 5.82 Å². The zero-order valence-corrected chi connectivity index (χ0v) is 9.55. The van der Waals surface area contributed by atoms with Gasteiger partial charge in [-0.2, -0.15) is 0 Å². The number of carbonyl (C=O) groups excluding carboxylic acids is 1. The van der Waals surface area contributed by atoms with Crippen molar-refractivity contribution in [3.8, 4) is 0 Å². The number of β-amino-alcohol motifs (C(OH)–C–C–N with tert-alkyl or cyclic N) is 1. The van der Waals surface area contributed by atoms with Crippen LogP contribution in [0.1, 0.15) is 23.8 Å². The van der Waals surface area contributed by atoms with Gasteiger partial charge in [0.1, 0.15) is 0 Å². The minimum atomic E-state index is -0.804. The fraction of sp³-hybridized carbons (Fsp3) is 0.500. The Hall–Kier alpha value is -1.73. The minimum Gasteiger partial charge on any atom is -0.388 e. The number of hydrazine groups is 1. The van der Waals surface area contributed by atoms with Gasteiger partial charge in [0.2, 0.25) is 0 Å². The van der Waals surface area contributed by atoms with Crippen LogP contribution >= 0.6 is 0 Å². The van der Waals surface area contributed by atoms with Gasteiger partial charge in [-0.3, -0.25) is 4.79 Å². The molecule has 1 amide bonds. The van der Waals surface area contributed by atoms with Crippen molar-refractivity contribution >= 4 is 11.7 Å². The summed E-state index contributed by atoms with van der Waals surface area (Å²) in [4.78, 5) is 13.6. The molecule has 0 bridgehead atoms. The standard InChI is InChI=1S/C10H15N5O2/c1-10(17)4-5-15(6-10)9(16)7-2-3-8(12-11)14-13-7/h2-3,17H,4-6,11H2,1H3,(H,12,14). The molecule has 7 heteroatoms. The zero-order valence-electron chi connectivity index (χ0n) is 9.55. The Labute approximate surface area is 98.6 Å². The second kappa shape index (κ2) is 4.27. The van der Waals surface area contributed by atoms with E-state index < -0.39 is 5.60 Å². The number of nitrogens with zero attached hydrogens (tertiary/aromatic N) is 3. The van der Waals surface area contributed by atoms with Gasteiger partial charge in [0, 0.05) is 13.1 Å². The molecular weight excluding hydrogens is 222 g/mol. The Bertz CT molecular complexity index is 417. The summed E-state index contributed by atoms with van der Waals surface area (Å²) in [5, 5.41) is 17.3. The summed E-state index contributed by atoms with van der Waals surface area (Å²) < 4.78 is 0. The van der Waals surface area contributed by atoms with Crippen molar-refractivity contribution < 1.29 is 9.90 Å². The third-order valence-corrected chi connectivity index (χ3v) is 2.77. The van der Waals surface area contributed by atoms with Crippen molar-refractivity contribution in [1.82, 2.24) is 15.1 Å². The van der Waals surface area contributed by atoms with E-state index in [1.165, 1.54) is 0 Å². The molecule has 1 saturated heterocycles. The van der Waals surface area contributed by atoms with E-state index in [0.717, 1.165) is 0 Å². The molecule has 1 fully saturated rings. The normalized spacial score (nSPS) is 23.8. The largest absolute Gasteiger partial charge is 0.388 e. The number of nitrogens with one attached hydrogen (secondary N) is 1. The molecule has 1 aromatic heterocycles. The van der Waals surface area contributed by atoms with Gasteiger partial charge < -0.3 is 15.4 Å². The number of likely N-dealkylation sites (tertiary alicyclic amines) is 1. The van der Waals surface area contributed by atoms with E-state index in [-0.39, 0.29) is 11.6 Å². The number of rotatable bonds is 2. The first-order valence-electron chi connectivity index (χ1n) is 5.34. The van der Waals surface area contributed by atoms with E-state index in [1.54, 1.807) is 24.0 Å². The van der Waals surface area contributed by atoms with Gasteiger partial charge in [-0.15, -0.1) is 10.2 Å². The molecule has 0 radical (unpaired) electrons. The van der Waals surface area contributed by atoms with Gasteiger partial charge >= 0.3 is 0 Å². The van der Waals surface area contributed by atoms with Crippen molar-refractivity contribution in [3.63, 3.8) is 0 Å². The summed E-state index contributed by atoms with van der Waals surface area (Å²) in [7, 11) is 0. The predicted molar refractivity (Wildman–Crippen MR) is 61.0 cm³/mol. The second-order valence-electron chi connectivity index (χ2n) is 4.42. The highest BCUT2D eigenvalue weighted by molar-refractivity contribution is 5.92. The smallest absolute Gasteiger partial charge is 0.274 e. The van der Waals surface area contributed by atoms with Crippen LogP contribution in [0.5, 0.6) is 0 Å². The van der Waals surface area contributed by atoms with Crippen molar-refractivity contribution in [3.05, 3.63) is 17.8 Å². The molecular formula is C10H15N5O2. The molecule has 4 N–H and O–H groups in total. The number of aliphatic hydroxyl groups is 1. The van der Waals surface area contributed by atoms with E-state index in [0.29, 0.717) is 25.3 Å². The predicted octanol–water partition coefficient (Wildman–Crippen LogP) is -0.641. The van der Waals surface area contributed by atoms with Gasteiger partial charge in [-0.05, 0) is 25.5 Å². The molecule has 2 rings (SSSR count). The summed E-state index contributed by atoms with van der Waals surface area (Å²) in [6.07, 6.45) is 0.578. The van der Waals surface area contributed by atoms with Crippen LogP contribution in [0, 0.1) is 0 Å². The quantitative estimate of drug-likeness (QED) is 0.467. The number of carbonyl (C=O) groups is 1. The van der Waals surface area contributed by atoms with E-state index in [4.69, 9.17) is 5.84 Å². The van der Waals surface area contributed by atoms with Gasteiger partial charge in [-0.25, -0.2) is 5.84 Å².